The van der Waals surface area contributed by atoms with E-state index in [1.165, 1.54) is 67.1 Å². The maximum atomic E-state index is 3.25. The van der Waals surface area contributed by atoms with Crippen LogP contribution in [0.15, 0.2) is 60.7 Å². The molecule has 150 valence electrons. The number of benzene rings is 2. The summed E-state index contributed by atoms with van der Waals surface area (Å²) in [5.41, 5.74) is 5.45. The molecule has 28 heavy (non-hydrogen) atoms. The number of aryl methyl sites for hydroxylation is 4. The summed E-state index contributed by atoms with van der Waals surface area (Å²) in [6, 6.07) is 21.8. The first kappa shape index (κ1) is 29.5. The second kappa shape index (κ2) is 15.2. The molecule has 0 heterocycles. The molecule has 2 radical (unpaired) electrons. The number of halogens is 2. The topological polar surface area (TPSA) is 0 Å². The van der Waals surface area contributed by atoms with Crippen LogP contribution >= 0.6 is 24.8 Å². The van der Waals surface area contributed by atoms with Crippen LogP contribution in [-0.2, 0) is 23.3 Å². The van der Waals surface area contributed by atoms with E-state index in [1.54, 1.807) is 6.92 Å². The summed E-state index contributed by atoms with van der Waals surface area (Å²) >= 11 is 1.36. The molecule has 0 saturated carbocycles. The van der Waals surface area contributed by atoms with Crippen LogP contribution in [0.4, 0.5) is 0 Å². The Balaban J connectivity index is 0. The molecular formula is C24H29Cl2SiZr-3. The molecule has 0 aliphatic heterocycles. The van der Waals surface area contributed by atoms with Gasteiger partial charge in [0.2, 0.25) is 0 Å². The van der Waals surface area contributed by atoms with Gasteiger partial charge in [-0.3, -0.25) is 0 Å². The van der Waals surface area contributed by atoms with Gasteiger partial charge in [-0.1, -0.05) is 37.1 Å². The fourth-order valence-electron chi connectivity index (χ4n) is 3.08. The second-order valence-electron chi connectivity index (χ2n) is 6.22. The van der Waals surface area contributed by atoms with Gasteiger partial charge in [-0.05, 0) is 13.8 Å². The van der Waals surface area contributed by atoms with Crippen LogP contribution in [0.25, 0.3) is 21.5 Å². The fourth-order valence-corrected chi connectivity index (χ4v) is 3.08. The summed E-state index contributed by atoms with van der Waals surface area (Å²) in [7, 11) is 0. The summed E-state index contributed by atoms with van der Waals surface area (Å²) in [5, 5.41) is 5.51. The molecule has 0 aliphatic rings. The minimum atomic E-state index is 0. The summed E-state index contributed by atoms with van der Waals surface area (Å²) in [6.45, 7) is 16.6. The van der Waals surface area contributed by atoms with E-state index in [-0.39, 0.29) is 24.8 Å². The molecule has 4 aromatic carbocycles. The average molecular weight is 508 g/mol. The Labute approximate surface area is 199 Å². The van der Waals surface area contributed by atoms with E-state index in [1.807, 2.05) is 0 Å². The van der Waals surface area contributed by atoms with Gasteiger partial charge in [-0.25, -0.2) is 0 Å². The van der Waals surface area contributed by atoms with Gasteiger partial charge in [0.05, 0.1) is 0 Å². The molecule has 0 unspecified atom stereocenters. The van der Waals surface area contributed by atoms with Gasteiger partial charge in [-0.15, -0.1) is 93.9 Å². The molecule has 0 aliphatic carbocycles. The van der Waals surface area contributed by atoms with Crippen LogP contribution in [0, 0.1) is 34.6 Å². The average Bonchev–Trinajstić information content (AvgIpc) is 3.22. The molecule has 0 fully saturated rings. The zero-order valence-electron chi connectivity index (χ0n) is 17.3. The monoisotopic (exact) mass is 505 g/mol. The Morgan fingerprint density at radius 3 is 1.29 bits per heavy atom. The van der Waals surface area contributed by atoms with Crippen LogP contribution in [0.3, 0.4) is 0 Å². The van der Waals surface area contributed by atoms with Crippen LogP contribution in [0.2, 0.25) is 0 Å². The number of hydrogen-bond donors (Lipinski definition) is 0. The zero-order valence-corrected chi connectivity index (χ0v) is 22.4. The first-order valence-electron chi connectivity index (χ1n) is 8.75. The van der Waals surface area contributed by atoms with Gasteiger partial charge in [-0.2, -0.15) is 19.1 Å². The fraction of sp³-hybridized carbons (Fsp3) is 0.208. The zero-order chi connectivity index (χ0) is 19.7. The van der Waals surface area contributed by atoms with E-state index in [4.69, 9.17) is 0 Å². The third-order valence-corrected chi connectivity index (χ3v) is 4.23. The van der Waals surface area contributed by atoms with Crippen molar-refractivity contribution in [3.8, 4) is 0 Å². The van der Waals surface area contributed by atoms with Crippen LogP contribution in [0.1, 0.15) is 29.2 Å². The predicted octanol–water partition coefficient (Wildman–Crippen LogP) is 7.65. The first-order chi connectivity index (χ1) is 12.5. The van der Waals surface area contributed by atoms with Crippen LogP contribution in [0.5, 0.6) is 0 Å². The molecule has 0 spiro atoms. The molecule has 0 amide bonds. The van der Waals surface area contributed by atoms with Crippen molar-refractivity contribution in [3.63, 3.8) is 0 Å². The van der Waals surface area contributed by atoms with Crippen molar-refractivity contribution in [2.45, 2.75) is 34.6 Å². The Hall–Kier alpha value is -0.660. The number of rotatable bonds is 0. The first-order valence-corrected chi connectivity index (χ1v) is 12.9. The molecule has 4 heteroatoms. The number of hydrogen-bond acceptors (Lipinski definition) is 0. The van der Waals surface area contributed by atoms with Gasteiger partial charge in [0.25, 0.3) is 0 Å². The van der Waals surface area contributed by atoms with Gasteiger partial charge in [0.15, 0.2) is 0 Å². The molecule has 0 atom stereocenters. The molecule has 0 bridgehead atoms. The van der Waals surface area contributed by atoms with Crippen molar-refractivity contribution in [2.24, 2.45) is 0 Å². The van der Waals surface area contributed by atoms with Crippen molar-refractivity contribution in [2.75, 3.05) is 0 Å². The molecule has 4 rings (SSSR count). The minimum absolute atomic E-state index is 0. The van der Waals surface area contributed by atoms with Gasteiger partial charge in [0, 0.05) is 0 Å². The second-order valence-corrected chi connectivity index (χ2v) is 6.22. The maximum absolute atomic E-state index is 3.25. The van der Waals surface area contributed by atoms with Gasteiger partial charge in [0.1, 0.15) is 0 Å². The van der Waals surface area contributed by atoms with E-state index < -0.39 is 0 Å². The standard InChI is InChI=1S/2C11H11.C2H5.2ClH.Si.Zr/c2*1-8-6-10-5-3-4-9(2)11(10)7-8;1-2;;;;/h2*3-7H,1-2H3;1H2,2H3;2*1H;;/q3*-1;;;;. The Morgan fingerprint density at radius 1 is 0.679 bits per heavy atom. The van der Waals surface area contributed by atoms with E-state index in [9.17, 15) is 0 Å². The van der Waals surface area contributed by atoms with E-state index in [0.29, 0.717) is 0 Å². The van der Waals surface area contributed by atoms with Crippen molar-refractivity contribution in [1.82, 2.24) is 0 Å². The Kier molecular flexibility index (Phi) is 16.1. The Bertz CT molecular complexity index is 876. The normalized spacial score (nSPS) is 8.75. The SMILES string of the molecule is Cc1cc2c(C)cccc2[cH-]1.Cc1cc2c(C)cccc2[cH-]1.Cl.Cl.[CH2-]C.[Si]=[Zr]. The summed E-state index contributed by atoms with van der Waals surface area (Å²) in [4.78, 5) is 0. The van der Waals surface area contributed by atoms with Crippen LogP contribution < -0.4 is 0 Å². The summed E-state index contributed by atoms with van der Waals surface area (Å²) < 4.78 is 0. The van der Waals surface area contributed by atoms with Crippen molar-refractivity contribution in [3.05, 3.63) is 89.8 Å². The van der Waals surface area contributed by atoms with Crippen LogP contribution in [-0.4, -0.2) is 6.88 Å². The van der Waals surface area contributed by atoms with Crippen molar-refractivity contribution >= 4 is 53.2 Å². The summed E-state index contributed by atoms with van der Waals surface area (Å²) in [5.74, 6) is 0. The molecule has 0 saturated heterocycles. The predicted molar refractivity (Wildman–Crippen MR) is 129 cm³/mol. The molecule has 0 aromatic heterocycles. The van der Waals surface area contributed by atoms with E-state index in [0.717, 1.165) is 0 Å². The number of fused-ring (bicyclic) bond motifs is 2. The molecule has 4 aromatic rings. The third kappa shape index (κ3) is 7.99. The van der Waals surface area contributed by atoms with Gasteiger partial charge >= 0.3 is 30.2 Å². The quantitative estimate of drug-likeness (QED) is 0.169. The Morgan fingerprint density at radius 2 is 1.00 bits per heavy atom. The van der Waals surface area contributed by atoms with Crippen molar-refractivity contribution in [1.29, 1.82) is 0 Å². The van der Waals surface area contributed by atoms with E-state index in [2.05, 4.69) is 102 Å². The molecule has 0 nitrogen and oxygen atoms in total. The van der Waals surface area contributed by atoms with Gasteiger partial charge < -0.3 is 6.92 Å². The van der Waals surface area contributed by atoms with Crippen molar-refractivity contribution < 1.29 is 23.3 Å². The molecular weight excluding hydrogens is 478 g/mol. The molecule has 0 N–H and O–H groups in total. The summed E-state index contributed by atoms with van der Waals surface area (Å²) in [6.07, 6.45) is 0. The third-order valence-electron chi connectivity index (χ3n) is 4.23. The van der Waals surface area contributed by atoms with E-state index >= 15 is 0 Å².